The van der Waals surface area contributed by atoms with Crippen molar-refractivity contribution in [2.75, 3.05) is 20.2 Å². The second-order valence-electron chi connectivity index (χ2n) is 4.01. The molecule has 0 aliphatic carbocycles. The van der Waals surface area contributed by atoms with Crippen LogP contribution in [0.15, 0.2) is 18.2 Å². The fourth-order valence-corrected chi connectivity index (χ4v) is 1.85. The predicted octanol–water partition coefficient (Wildman–Crippen LogP) is 0.926. The third-order valence-electron chi connectivity index (χ3n) is 2.81. The van der Waals surface area contributed by atoms with Crippen molar-refractivity contribution in [2.24, 2.45) is 0 Å². The molecule has 1 heterocycles. The van der Waals surface area contributed by atoms with Gasteiger partial charge in [-0.25, -0.2) is 4.39 Å². The molecule has 0 aromatic heterocycles. The van der Waals surface area contributed by atoms with Gasteiger partial charge in [-0.3, -0.25) is 4.79 Å². The molecule has 0 radical (unpaired) electrons. The molecule has 92 valence electrons. The Hall–Kier alpha value is -1.62. The van der Waals surface area contributed by atoms with Gasteiger partial charge in [0.15, 0.2) is 11.6 Å². The summed E-state index contributed by atoms with van der Waals surface area (Å²) >= 11 is 0. The van der Waals surface area contributed by atoms with Gasteiger partial charge in [-0.15, -0.1) is 0 Å². The molecule has 1 unspecified atom stereocenters. The van der Waals surface area contributed by atoms with Gasteiger partial charge >= 0.3 is 0 Å². The first-order valence-corrected chi connectivity index (χ1v) is 5.56. The van der Waals surface area contributed by atoms with E-state index in [1.165, 1.54) is 19.2 Å². The SMILES string of the molecule is COc1ccc(C(=O)NC2CCNC2)cc1F. The maximum Gasteiger partial charge on any atom is 0.251 e. The van der Waals surface area contributed by atoms with Crippen LogP contribution >= 0.6 is 0 Å². The zero-order valence-corrected chi connectivity index (χ0v) is 9.63. The van der Waals surface area contributed by atoms with Crippen LogP contribution in [-0.2, 0) is 0 Å². The molecule has 17 heavy (non-hydrogen) atoms. The molecule has 0 spiro atoms. The average Bonchev–Trinajstić information content (AvgIpc) is 2.81. The minimum Gasteiger partial charge on any atom is -0.494 e. The summed E-state index contributed by atoms with van der Waals surface area (Å²) in [6, 6.07) is 4.33. The molecule has 4 nitrogen and oxygen atoms in total. The Kier molecular flexibility index (Phi) is 3.58. The number of amides is 1. The van der Waals surface area contributed by atoms with Crippen molar-refractivity contribution in [1.29, 1.82) is 0 Å². The first-order valence-electron chi connectivity index (χ1n) is 5.56. The second-order valence-corrected chi connectivity index (χ2v) is 4.01. The smallest absolute Gasteiger partial charge is 0.251 e. The van der Waals surface area contributed by atoms with Crippen molar-refractivity contribution in [3.8, 4) is 5.75 Å². The van der Waals surface area contributed by atoms with Crippen molar-refractivity contribution in [1.82, 2.24) is 10.6 Å². The van der Waals surface area contributed by atoms with E-state index < -0.39 is 5.82 Å². The van der Waals surface area contributed by atoms with Gasteiger partial charge < -0.3 is 15.4 Å². The molecule has 1 amide bonds. The van der Waals surface area contributed by atoms with E-state index >= 15 is 0 Å². The summed E-state index contributed by atoms with van der Waals surface area (Å²) < 4.78 is 18.2. The second kappa shape index (κ2) is 5.14. The summed E-state index contributed by atoms with van der Waals surface area (Å²) in [5.74, 6) is -0.631. The highest BCUT2D eigenvalue weighted by Crippen LogP contribution is 2.17. The normalized spacial score (nSPS) is 19.1. The third-order valence-corrected chi connectivity index (χ3v) is 2.81. The van der Waals surface area contributed by atoms with E-state index in [9.17, 15) is 9.18 Å². The Bertz CT molecular complexity index is 417. The van der Waals surface area contributed by atoms with Gasteiger partial charge in [0.25, 0.3) is 5.91 Å². The molecule has 1 saturated heterocycles. The lowest BCUT2D eigenvalue weighted by Crippen LogP contribution is -2.36. The number of hydrogen-bond acceptors (Lipinski definition) is 3. The lowest BCUT2D eigenvalue weighted by Gasteiger charge is -2.11. The topological polar surface area (TPSA) is 50.4 Å². The number of methoxy groups -OCH3 is 1. The van der Waals surface area contributed by atoms with Gasteiger partial charge in [0, 0.05) is 18.2 Å². The van der Waals surface area contributed by atoms with E-state index in [2.05, 4.69) is 10.6 Å². The molecule has 1 aliphatic heterocycles. The van der Waals surface area contributed by atoms with Crippen molar-refractivity contribution < 1.29 is 13.9 Å². The van der Waals surface area contributed by atoms with Crippen LogP contribution < -0.4 is 15.4 Å². The Balaban J connectivity index is 2.05. The van der Waals surface area contributed by atoms with E-state index in [4.69, 9.17) is 4.74 Å². The fraction of sp³-hybridized carbons (Fsp3) is 0.417. The summed E-state index contributed by atoms with van der Waals surface area (Å²) in [5, 5.41) is 6.00. The van der Waals surface area contributed by atoms with Crippen LogP contribution in [0.25, 0.3) is 0 Å². The van der Waals surface area contributed by atoms with Crippen LogP contribution in [0.2, 0.25) is 0 Å². The molecule has 1 aliphatic rings. The number of nitrogens with one attached hydrogen (secondary N) is 2. The molecule has 1 atom stereocenters. The third kappa shape index (κ3) is 2.74. The van der Waals surface area contributed by atoms with Crippen LogP contribution in [-0.4, -0.2) is 32.1 Å². The zero-order chi connectivity index (χ0) is 12.3. The Morgan fingerprint density at radius 1 is 1.59 bits per heavy atom. The lowest BCUT2D eigenvalue weighted by atomic mass is 10.1. The van der Waals surface area contributed by atoms with E-state index in [-0.39, 0.29) is 17.7 Å². The van der Waals surface area contributed by atoms with Crippen molar-refractivity contribution in [2.45, 2.75) is 12.5 Å². The summed E-state index contributed by atoms with van der Waals surface area (Å²) in [5.41, 5.74) is 0.315. The van der Waals surface area contributed by atoms with Crippen LogP contribution in [0.3, 0.4) is 0 Å². The Morgan fingerprint density at radius 2 is 2.41 bits per heavy atom. The summed E-state index contributed by atoms with van der Waals surface area (Å²) in [6.07, 6.45) is 0.907. The Labute approximate surface area is 99.2 Å². The number of hydrogen-bond donors (Lipinski definition) is 2. The minimum absolute atomic E-state index is 0.132. The highest BCUT2D eigenvalue weighted by Gasteiger charge is 2.18. The molecule has 2 N–H and O–H groups in total. The maximum absolute atomic E-state index is 13.4. The number of halogens is 1. The van der Waals surface area contributed by atoms with Gasteiger partial charge in [0.05, 0.1) is 7.11 Å². The molecule has 5 heteroatoms. The number of benzene rings is 1. The number of rotatable bonds is 3. The molecular weight excluding hydrogens is 223 g/mol. The number of carbonyl (C=O) groups excluding carboxylic acids is 1. The van der Waals surface area contributed by atoms with E-state index in [1.54, 1.807) is 6.07 Å². The predicted molar refractivity (Wildman–Crippen MR) is 61.7 cm³/mol. The first kappa shape index (κ1) is 11.9. The molecule has 1 aromatic rings. The zero-order valence-electron chi connectivity index (χ0n) is 9.63. The van der Waals surface area contributed by atoms with Crippen molar-refractivity contribution in [3.05, 3.63) is 29.6 Å². The molecule has 1 fully saturated rings. The summed E-state index contributed by atoms with van der Waals surface area (Å²) in [4.78, 5) is 11.8. The van der Waals surface area contributed by atoms with Crippen LogP contribution in [0.5, 0.6) is 5.75 Å². The fourth-order valence-electron chi connectivity index (χ4n) is 1.85. The van der Waals surface area contributed by atoms with Crippen LogP contribution in [0.1, 0.15) is 16.8 Å². The maximum atomic E-state index is 13.4. The van der Waals surface area contributed by atoms with Gasteiger partial charge in [0.1, 0.15) is 0 Å². The highest BCUT2D eigenvalue weighted by atomic mass is 19.1. The van der Waals surface area contributed by atoms with Crippen LogP contribution in [0.4, 0.5) is 4.39 Å². The van der Waals surface area contributed by atoms with E-state index in [1.807, 2.05) is 0 Å². The van der Waals surface area contributed by atoms with Gasteiger partial charge in [-0.05, 0) is 31.2 Å². The minimum atomic E-state index is -0.523. The molecule has 2 rings (SSSR count). The van der Waals surface area contributed by atoms with E-state index in [0.29, 0.717) is 5.56 Å². The Morgan fingerprint density at radius 3 is 3.00 bits per heavy atom. The van der Waals surface area contributed by atoms with Crippen molar-refractivity contribution in [3.63, 3.8) is 0 Å². The van der Waals surface area contributed by atoms with Crippen LogP contribution in [0, 0.1) is 5.82 Å². The largest absolute Gasteiger partial charge is 0.494 e. The first-order chi connectivity index (χ1) is 8.20. The summed E-state index contributed by atoms with van der Waals surface area (Å²) in [6.45, 7) is 1.67. The van der Waals surface area contributed by atoms with Gasteiger partial charge in [0.2, 0.25) is 0 Å². The molecule has 1 aromatic carbocycles. The number of carbonyl (C=O) groups is 1. The van der Waals surface area contributed by atoms with Gasteiger partial charge in [-0.2, -0.15) is 0 Å². The monoisotopic (exact) mass is 238 g/mol. The highest BCUT2D eigenvalue weighted by molar-refractivity contribution is 5.94. The quantitative estimate of drug-likeness (QED) is 0.823. The molecule has 0 bridgehead atoms. The average molecular weight is 238 g/mol. The summed E-state index contributed by atoms with van der Waals surface area (Å²) in [7, 11) is 1.39. The standard InChI is InChI=1S/C12H15FN2O2/c1-17-11-3-2-8(6-10(11)13)12(16)15-9-4-5-14-7-9/h2-3,6,9,14H,4-5,7H2,1H3,(H,15,16). The van der Waals surface area contributed by atoms with Crippen molar-refractivity contribution >= 4 is 5.91 Å². The molecular formula is C12H15FN2O2. The lowest BCUT2D eigenvalue weighted by molar-refractivity contribution is 0.0939. The van der Waals surface area contributed by atoms with Gasteiger partial charge in [-0.1, -0.05) is 0 Å². The molecule has 0 saturated carbocycles. The van der Waals surface area contributed by atoms with E-state index in [0.717, 1.165) is 19.5 Å². The number of ether oxygens (including phenoxy) is 1.